The van der Waals surface area contributed by atoms with Crippen LogP contribution in [0.15, 0.2) is 29.2 Å². The Kier molecular flexibility index (Phi) is 4.20. The van der Waals surface area contributed by atoms with Gasteiger partial charge in [-0.25, -0.2) is 8.42 Å². The molecule has 17 heavy (non-hydrogen) atoms. The summed E-state index contributed by atoms with van der Waals surface area (Å²) in [6.07, 6.45) is 2.16. The van der Waals surface area contributed by atoms with E-state index >= 15 is 0 Å². The van der Waals surface area contributed by atoms with Crippen LogP contribution in [0.3, 0.4) is 0 Å². The van der Waals surface area contributed by atoms with E-state index in [1.54, 1.807) is 24.3 Å². The Bertz CT molecular complexity index is 452. The van der Waals surface area contributed by atoms with E-state index in [0.29, 0.717) is 17.3 Å². The highest BCUT2D eigenvalue weighted by molar-refractivity contribution is 7.90. The number of sulfone groups is 1. The summed E-state index contributed by atoms with van der Waals surface area (Å²) in [5, 5.41) is 0. The van der Waals surface area contributed by atoms with Gasteiger partial charge in [0.15, 0.2) is 9.84 Å². The first kappa shape index (κ1) is 14.0. The van der Waals surface area contributed by atoms with Crippen molar-refractivity contribution in [1.82, 2.24) is 0 Å². The van der Waals surface area contributed by atoms with Gasteiger partial charge in [0.1, 0.15) is 5.75 Å². The molecule has 96 valence electrons. The third kappa shape index (κ3) is 5.22. The van der Waals surface area contributed by atoms with Crippen molar-refractivity contribution in [3.63, 3.8) is 0 Å². The fraction of sp³-hybridized carbons (Fsp3) is 0.538. The van der Waals surface area contributed by atoms with Gasteiger partial charge in [0.05, 0.1) is 11.5 Å². The fourth-order valence-electron chi connectivity index (χ4n) is 1.26. The number of hydrogen-bond donors (Lipinski definition) is 0. The quantitative estimate of drug-likeness (QED) is 0.832. The molecule has 0 bridgehead atoms. The minimum atomic E-state index is -3.12. The van der Waals surface area contributed by atoms with Gasteiger partial charge in [0.2, 0.25) is 0 Å². The Morgan fingerprint density at radius 1 is 1.12 bits per heavy atom. The van der Waals surface area contributed by atoms with E-state index in [1.165, 1.54) is 6.26 Å². The van der Waals surface area contributed by atoms with E-state index < -0.39 is 9.84 Å². The Morgan fingerprint density at radius 3 is 2.06 bits per heavy atom. The number of hydrogen-bond acceptors (Lipinski definition) is 3. The molecular formula is C13H20O3S. The second-order valence-corrected chi connectivity index (χ2v) is 7.42. The summed E-state index contributed by atoms with van der Waals surface area (Å²) in [6, 6.07) is 6.53. The average molecular weight is 256 g/mol. The first-order chi connectivity index (χ1) is 7.68. The topological polar surface area (TPSA) is 43.4 Å². The molecule has 4 heteroatoms. The summed E-state index contributed by atoms with van der Waals surface area (Å²) in [4.78, 5) is 0.320. The smallest absolute Gasteiger partial charge is 0.175 e. The molecule has 0 fully saturated rings. The normalized spacial score (nSPS) is 12.5. The predicted octanol–water partition coefficient (Wildman–Crippen LogP) is 2.91. The minimum Gasteiger partial charge on any atom is -0.494 e. The van der Waals surface area contributed by atoms with Crippen LogP contribution in [0.2, 0.25) is 0 Å². The predicted molar refractivity (Wildman–Crippen MR) is 69.1 cm³/mol. The van der Waals surface area contributed by atoms with Crippen molar-refractivity contribution < 1.29 is 13.2 Å². The molecule has 3 nitrogen and oxygen atoms in total. The van der Waals surface area contributed by atoms with Gasteiger partial charge in [0, 0.05) is 6.26 Å². The van der Waals surface area contributed by atoms with Crippen LogP contribution >= 0.6 is 0 Å². The third-order valence-corrected chi connectivity index (χ3v) is 3.50. The van der Waals surface area contributed by atoms with Crippen LogP contribution in [-0.4, -0.2) is 21.3 Å². The lowest BCUT2D eigenvalue weighted by atomic mass is 9.93. The van der Waals surface area contributed by atoms with Crippen molar-refractivity contribution in [3.8, 4) is 5.75 Å². The Hall–Kier alpha value is -1.03. The van der Waals surface area contributed by atoms with E-state index in [-0.39, 0.29) is 5.41 Å². The molecule has 0 radical (unpaired) electrons. The Balaban J connectivity index is 2.58. The maximum atomic E-state index is 11.2. The van der Waals surface area contributed by atoms with Crippen molar-refractivity contribution >= 4 is 9.84 Å². The highest BCUT2D eigenvalue weighted by Crippen LogP contribution is 2.20. The summed E-state index contributed by atoms with van der Waals surface area (Å²) in [7, 11) is -3.12. The largest absolute Gasteiger partial charge is 0.494 e. The summed E-state index contributed by atoms with van der Waals surface area (Å²) < 4.78 is 28.1. The molecular weight excluding hydrogens is 236 g/mol. The number of benzene rings is 1. The average Bonchev–Trinajstić information content (AvgIpc) is 2.15. The molecule has 0 aliphatic heterocycles. The van der Waals surface area contributed by atoms with Crippen molar-refractivity contribution in [2.24, 2.45) is 5.41 Å². The molecule has 0 amide bonds. The van der Waals surface area contributed by atoms with Crippen LogP contribution in [0, 0.1) is 5.41 Å². The van der Waals surface area contributed by atoms with Crippen LogP contribution in [0.25, 0.3) is 0 Å². The summed E-state index contributed by atoms with van der Waals surface area (Å²) >= 11 is 0. The maximum absolute atomic E-state index is 11.2. The number of ether oxygens (including phenoxy) is 1. The molecule has 0 aliphatic rings. The van der Waals surface area contributed by atoms with Gasteiger partial charge in [-0.3, -0.25) is 0 Å². The van der Waals surface area contributed by atoms with Crippen molar-refractivity contribution in [1.29, 1.82) is 0 Å². The molecule has 1 aromatic carbocycles. The van der Waals surface area contributed by atoms with Crippen LogP contribution in [0.4, 0.5) is 0 Å². The molecule has 0 aromatic heterocycles. The summed E-state index contributed by atoms with van der Waals surface area (Å²) in [5.41, 5.74) is 0.243. The zero-order valence-corrected chi connectivity index (χ0v) is 11.7. The lowest BCUT2D eigenvalue weighted by Gasteiger charge is -2.18. The highest BCUT2D eigenvalue weighted by Gasteiger charge is 2.10. The van der Waals surface area contributed by atoms with Gasteiger partial charge in [-0.15, -0.1) is 0 Å². The maximum Gasteiger partial charge on any atom is 0.175 e. The second kappa shape index (κ2) is 5.08. The molecule has 0 saturated heterocycles. The number of rotatable bonds is 4. The van der Waals surface area contributed by atoms with Crippen LogP contribution in [-0.2, 0) is 9.84 Å². The molecule has 0 spiro atoms. The van der Waals surface area contributed by atoms with Crippen LogP contribution in [0.1, 0.15) is 27.2 Å². The van der Waals surface area contributed by atoms with Crippen LogP contribution < -0.4 is 4.74 Å². The van der Waals surface area contributed by atoms with Gasteiger partial charge >= 0.3 is 0 Å². The SMILES string of the molecule is CC(C)(C)CCOc1ccc(S(C)(=O)=O)cc1. The van der Waals surface area contributed by atoms with Gasteiger partial charge in [-0.2, -0.15) is 0 Å². The van der Waals surface area contributed by atoms with E-state index in [2.05, 4.69) is 20.8 Å². The van der Waals surface area contributed by atoms with Crippen molar-refractivity contribution in [3.05, 3.63) is 24.3 Å². The summed E-state index contributed by atoms with van der Waals surface area (Å²) in [6.45, 7) is 7.11. The molecule has 0 aliphatic carbocycles. The van der Waals surface area contributed by atoms with E-state index in [0.717, 1.165) is 6.42 Å². The van der Waals surface area contributed by atoms with Crippen molar-refractivity contribution in [2.75, 3.05) is 12.9 Å². The molecule has 0 unspecified atom stereocenters. The zero-order chi connectivity index (χ0) is 13.1. The molecule has 0 N–H and O–H groups in total. The fourth-order valence-corrected chi connectivity index (χ4v) is 1.89. The molecule has 1 aromatic rings. The standard InChI is InChI=1S/C13H20O3S/c1-13(2,3)9-10-16-11-5-7-12(8-6-11)17(4,14)15/h5-8H,9-10H2,1-4H3. The lowest BCUT2D eigenvalue weighted by Crippen LogP contribution is -2.11. The third-order valence-electron chi connectivity index (χ3n) is 2.37. The van der Waals surface area contributed by atoms with E-state index in [9.17, 15) is 8.42 Å². The van der Waals surface area contributed by atoms with E-state index in [1.807, 2.05) is 0 Å². The van der Waals surface area contributed by atoms with Crippen LogP contribution in [0.5, 0.6) is 5.75 Å². The minimum absolute atomic E-state index is 0.243. The molecule has 0 atom stereocenters. The first-order valence-corrected chi connectivity index (χ1v) is 7.50. The van der Waals surface area contributed by atoms with Crippen molar-refractivity contribution in [2.45, 2.75) is 32.1 Å². The first-order valence-electron chi connectivity index (χ1n) is 5.61. The van der Waals surface area contributed by atoms with E-state index in [4.69, 9.17) is 4.74 Å². The molecule has 1 rings (SSSR count). The summed E-state index contributed by atoms with van der Waals surface area (Å²) in [5.74, 6) is 0.710. The van der Waals surface area contributed by atoms with Gasteiger partial charge in [-0.1, -0.05) is 20.8 Å². The second-order valence-electron chi connectivity index (χ2n) is 5.40. The van der Waals surface area contributed by atoms with Gasteiger partial charge in [0.25, 0.3) is 0 Å². The molecule has 0 saturated carbocycles. The van der Waals surface area contributed by atoms with Gasteiger partial charge < -0.3 is 4.74 Å². The Labute approximate surface area is 104 Å². The lowest BCUT2D eigenvalue weighted by molar-refractivity contribution is 0.243. The molecule has 0 heterocycles. The van der Waals surface area contributed by atoms with Gasteiger partial charge in [-0.05, 0) is 36.1 Å². The highest BCUT2D eigenvalue weighted by atomic mass is 32.2. The zero-order valence-electron chi connectivity index (χ0n) is 10.9. The monoisotopic (exact) mass is 256 g/mol. The Morgan fingerprint density at radius 2 is 1.65 bits per heavy atom.